The normalized spacial score (nSPS) is 7.50. The molecule has 0 aromatic carbocycles. The molecule has 0 saturated carbocycles. The van der Waals surface area contributed by atoms with Gasteiger partial charge in [-0.3, -0.25) is 0 Å². The molecule has 1 nitrogen and oxygen atoms in total. The topological polar surface area (TPSA) is 26.0 Å². The Hall–Kier alpha value is 0.553. The molecule has 45 valence electrons. The summed E-state index contributed by atoms with van der Waals surface area (Å²) in [4.78, 5) is 0. The Morgan fingerprint density at radius 2 is 2.25 bits per heavy atom. The first kappa shape index (κ1) is 11.4. The second-order valence-corrected chi connectivity index (χ2v) is 0.933. The molecule has 0 unspecified atom stereocenters. The van der Waals surface area contributed by atoms with Gasteiger partial charge in [0, 0.05) is 0 Å². The zero-order chi connectivity index (χ0) is 6.99. The Morgan fingerprint density at radius 3 is 2.25 bits per heavy atom. The monoisotopic (exact) mass is 316 g/mol. The summed E-state index contributed by atoms with van der Waals surface area (Å²) in [7, 11) is 0. The predicted molar refractivity (Wildman–Crippen MR) is 25.5 cm³/mol. The molecule has 8 heavy (non-hydrogen) atoms. The molecular formula is C5H7NVW-2. The van der Waals surface area contributed by atoms with Crippen molar-refractivity contribution in [3.63, 3.8) is 0 Å². The molecule has 0 aliphatic rings. The molecule has 0 atom stereocenters. The van der Waals surface area contributed by atoms with Gasteiger partial charge in [-0.05, 0) is 0 Å². The Labute approximate surface area is 67.8 Å². The summed E-state index contributed by atoms with van der Waals surface area (Å²) in [5.74, 6) is 0. The van der Waals surface area contributed by atoms with E-state index < -0.39 is 0 Å². The van der Waals surface area contributed by atoms with E-state index in [9.17, 15) is 0 Å². The van der Waals surface area contributed by atoms with E-state index in [1.165, 1.54) is 22.9 Å². The van der Waals surface area contributed by atoms with Crippen LogP contribution >= 0.6 is 0 Å². The van der Waals surface area contributed by atoms with Crippen molar-refractivity contribution < 1.29 is 30.9 Å². The molecule has 0 heterocycles. The molecular weight excluding hydrogens is 309 g/mol. The summed E-state index contributed by atoms with van der Waals surface area (Å²) >= 11 is 3.92. The van der Waals surface area contributed by atoms with Gasteiger partial charge >= 0.3 is 30.9 Å². The van der Waals surface area contributed by atoms with E-state index in [1.807, 2.05) is 0 Å². The first-order chi connectivity index (χ1) is 3.77. The van der Waals surface area contributed by atoms with Gasteiger partial charge in [-0.1, -0.05) is 0 Å². The molecule has 0 spiro atoms. The van der Waals surface area contributed by atoms with E-state index in [1.54, 1.807) is 6.92 Å². The van der Waals surface area contributed by atoms with Crippen LogP contribution in [0.4, 0.5) is 0 Å². The van der Waals surface area contributed by atoms with Crippen molar-refractivity contribution in [2.24, 2.45) is 5.73 Å². The molecule has 0 fully saturated rings. The van der Waals surface area contributed by atoms with Crippen LogP contribution in [-0.4, -0.2) is 0 Å². The maximum absolute atomic E-state index is 4.98. The minimum absolute atomic E-state index is 0.303. The Kier molecular flexibility index (Phi) is 14.9. The van der Waals surface area contributed by atoms with E-state index in [0.717, 1.165) is 0 Å². The molecule has 0 radical (unpaired) electrons. The van der Waals surface area contributed by atoms with Crippen molar-refractivity contribution >= 4 is 0 Å². The van der Waals surface area contributed by atoms with E-state index in [2.05, 4.69) is 20.2 Å². The van der Waals surface area contributed by atoms with Gasteiger partial charge in [0.1, 0.15) is 0 Å². The summed E-state index contributed by atoms with van der Waals surface area (Å²) in [5.41, 5.74) is 5.28. The average Bonchev–Trinajstić information content (AvgIpc) is 1.72. The third-order valence-electron chi connectivity index (χ3n) is 0.311. The molecule has 0 bridgehead atoms. The Balaban J connectivity index is 0. The van der Waals surface area contributed by atoms with Crippen molar-refractivity contribution in [1.29, 1.82) is 0 Å². The second-order valence-electron chi connectivity index (χ2n) is 0.933. The molecule has 0 rings (SSSR count). The molecule has 0 amide bonds. The third-order valence-corrected chi connectivity index (χ3v) is 0.311. The van der Waals surface area contributed by atoms with E-state index in [4.69, 9.17) is 12.3 Å². The van der Waals surface area contributed by atoms with Gasteiger partial charge in [0.2, 0.25) is 0 Å². The van der Waals surface area contributed by atoms with Gasteiger partial charge in [-0.25, -0.2) is 0 Å². The molecule has 0 aromatic rings. The van der Waals surface area contributed by atoms with E-state index in [0.29, 0.717) is 5.70 Å². The van der Waals surface area contributed by atoms with Crippen molar-refractivity contribution in [2.45, 2.75) is 6.92 Å². The molecule has 0 aliphatic carbocycles. The van der Waals surface area contributed by atoms with Crippen LogP contribution in [0.1, 0.15) is 6.92 Å². The molecule has 3 heteroatoms. The Morgan fingerprint density at radius 1 is 1.88 bits per heavy atom. The fourth-order valence-corrected chi connectivity index (χ4v) is 0.167. The number of hydrogen-bond acceptors (Lipinski definition) is 1. The van der Waals surface area contributed by atoms with Crippen LogP contribution in [-0.2, 0) is 30.9 Å². The number of hydrogen-bond donors (Lipinski definition) is 1. The summed E-state index contributed by atoms with van der Waals surface area (Å²) < 4.78 is 0. The van der Waals surface area contributed by atoms with Crippen molar-refractivity contribution in [3.05, 3.63) is 24.4 Å². The van der Waals surface area contributed by atoms with Gasteiger partial charge < -0.3 is 30.2 Å². The fraction of sp³-hybridized carbons (Fsp3) is 0.200. The van der Waals surface area contributed by atoms with Gasteiger partial charge in [0.25, 0.3) is 0 Å². The van der Waals surface area contributed by atoms with Gasteiger partial charge in [-0.2, -0.15) is 0 Å². The SMILES string of the molecule is [CH-]=C(N)C=[C-]C.[V]=[W]. The van der Waals surface area contributed by atoms with E-state index >= 15 is 0 Å². The van der Waals surface area contributed by atoms with Crippen LogP contribution in [0.25, 0.3) is 0 Å². The van der Waals surface area contributed by atoms with Crippen LogP contribution in [0.15, 0.2) is 11.8 Å². The standard InChI is InChI=1S/C5H7N.V.W/c1-3-4-5(2)6;;/h2,4H,6H2,1H3;;/q-2;;. The van der Waals surface area contributed by atoms with Crippen LogP contribution in [0.2, 0.25) is 0 Å². The third kappa shape index (κ3) is 16.0. The number of nitrogens with two attached hydrogens (primary N) is 1. The van der Waals surface area contributed by atoms with Crippen molar-refractivity contribution in [2.75, 3.05) is 0 Å². The molecule has 0 saturated heterocycles. The van der Waals surface area contributed by atoms with Crippen LogP contribution in [0.3, 0.4) is 0 Å². The van der Waals surface area contributed by atoms with Crippen LogP contribution in [0, 0.1) is 12.7 Å². The van der Waals surface area contributed by atoms with Gasteiger partial charge in [0.05, 0.1) is 0 Å². The molecule has 0 aliphatic heterocycles. The average molecular weight is 316 g/mol. The first-order valence-corrected chi connectivity index (χ1v) is 7.82. The second kappa shape index (κ2) is 10.5. The minimum atomic E-state index is 0.303. The fourth-order valence-electron chi connectivity index (χ4n) is 0.167. The summed E-state index contributed by atoms with van der Waals surface area (Å²) in [6, 6.07) is 0. The quantitative estimate of drug-likeness (QED) is 0.558. The maximum atomic E-state index is 4.98. The zero-order valence-electron chi connectivity index (χ0n) is 4.59. The molecule has 2 N–H and O–H groups in total. The van der Waals surface area contributed by atoms with Crippen molar-refractivity contribution in [1.82, 2.24) is 0 Å². The van der Waals surface area contributed by atoms with E-state index in [-0.39, 0.29) is 0 Å². The van der Waals surface area contributed by atoms with Gasteiger partial charge in [0.15, 0.2) is 0 Å². The van der Waals surface area contributed by atoms with Crippen LogP contribution < -0.4 is 5.73 Å². The summed E-state index contributed by atoms with van der Waals surface area (Å²) in [6.45, 7) is 6.72. The van der Waals surface area contributed by atoms with Crippen LogP contribution in [0.5, 0.6) is 0 Å². The molecule has 0 aromatic heterocycles. The predicted octanol–water partition coefficient (Wildman–Crippen LogP) is 0.636. The first-order valence-electron chi connectivity index (χ1n) is 1.84. The summed E-state index contributed by atoms with van der Waals surface area (Å²) in [5, 5.41) is 0. The summed E-state index contributed by atoms with van der Waals surface area (Å²) in [6.07, 6.45) is 4.17. The Bertz CT molecular complexity index is 90.4. The zero-order valence-corrected chi connectivity index (χ0v) is 8.92. The number of allylic oxidation sites excluding steroid dienone is 2. The van der Waals surface area contributed by atoms with Crippen molar-refractivity contribution in [3.8, 4) is 0 Å². The number of rotatable bonds is 1. The van der Waals surface area contributed by atoms with Gasteiger partial charge in [-0.15, -0.1) is 6.92 Å².